The van der Waals surface area contributed by atoms with Gasteiger partial charge in [-0.1, -0.05) is 19.9 Å². The van der Waals surface area contributed by atoms with Crippen molar-refractivity contribution in [1.82, 2.24) is 20.2 Å². The number of methoxy groups -OCH3 is 2. The highest BCUT2D eigenvalue weighted by Crippen LogP contribution is 2.27. The molecule has 0 bridgehead atoms. The van der Waals surface area contributed by atoms with Gasteiger partial charge in [0.05, 0.1) is 20.8 Å². The lowest BCUT2D eigenvalue weighted by molar-refractivity contribution is 0.354. The second-order valence-corrected chi connectivity index (χ2v) is 6.36. The number of hydrogen-bond acceptors (Lipinski definition) is 4. The Morgan fingerprint density at radius 1 is 1.15 bits per heavy atom. The molecule has 142 valence electrons. The maximum Gasteiger partial charge on any atom is 0.191 e. The van der Waals surface area contributed by atoms with Crippen LogP contribution in [0, 0.1) is 5.92 Å². The number of aliphatic imine (C=N–C) groups is 1. The first-order chi connectivity index (χ1) is 12.6. The van der Waals surface area contributed by atoms with Gasteiger partial charge in [0.25, 0.3) is 0 Å². The summed E-state index contributed by atoms with van der Waals surface area (Å²) in [4.78, 5) is 8.69. The van der Waals surface area contributed by atoms with Crippen molar-refractivity contribution in [1.29, 1.82) is 0 Å². The van der Waals surface area contributed by atoms with Gasteiger partial charge in [-0.05, 0) is 23.6 Å². The molecule has 26 heavy (non-hydrogen) atoms. The first-order valence-corrected chi connectivity index (χ1v) is 8.72. The second kappa shape index (κ2) is 9.70. The van der Waals surface area contributed by atoms with Crippen molar-refractivity contribution < 1.29 is 9.47 Å². The molecule has 7 nitrogen and oxygen atoms in total. The van der Waals surface area contributed by atoms with Crippen LogP contribution in [0.15, 0.2) is 35.6 Å². The number of benzene rings is 1. The van der Waals surface area contributed by atoms with Crippen molar-refractivity contribution in [3.8, 4) is 11.5 Å². The first-order valence-electron chi connectivity index (χ1n) is 8.72. The molecule has 0 saturated heterocycles. The standard InChI is InChI=1S/C19H29N5O2/c1-14(2)13-24-9-8-21-18(24)12-23-19(20-3)22-11-15-6-7-16(25-4)17(10-15)26-5/h6-10,14H,11-13H2,1-5H3,(H2,20,22,23). The van der Waals surface area contributed by atoms with E-state index in [-0.39, 0.29) is 0 Å². The van der Waals surface area contributed by atoms with Crippen LogP contribution in [0.2, 0.25) is 0 Å². The molecule has 0 saturated carbocycles. The van der Waals surface area contributed by atoms with E-state index in [9.17, 15) is 0 Å². The van der Waals surface area contributed by atoms with Gasteiger partial charge in [0.15, 0.2) is 17.5 Å². The number of nitrogens with one attached hydrogen (secondary N) is 2. The van der Waals surface area contributed by atoms with E-state index in [0.717, 1.165) is 29.6 Å². The van der Waals surface area contributed by atoms with Gasteiger partial charge in [0, 0.05) is 32.5 Å². The van der Waals surface area contributed by atoms with Gasteiger partial charge < -0.3 is 24.7 Å². The Kier molecular flexibility index (Phi) is 7.32. The molecule has 2 aromatic rings. The molecule has 0 unspecified atom stereocenters. The number of rotatable bonds is 8. The van der Waals surface area contributed by atoms with E-state index < -0.39 is 0 Å². The fourth-order valence-corrected chi connectivity index (χ4v) is 2.63. The molecular weight excluding hydrogens is 330 g/mol. The fourth-order valence-electron chi connectivity index (χ4n) is 2.63. The van der Waals surface area contributed by atoms with E-state index in [1.807, 2.05) is 30.6 Å². The molecule has 1 aromatic heterocycles. The minimum atomic E-state index is 0.574. The monoisotopic (exact) mass is 359 g/mol. The number of hydrogen-bond donors (Lipinski definition) is 2. The largest absolute Gasteiger partial charge is 0.493 e. The predicted molar refractivity (Wildman–Crippen MR) is 104 cm³/mol. The molecule has 0 atom stereocenters. The lowest BCUT2D eigenvalue weighted by atomic mass is 10.2. The van der Waals surface area contributed by atoms with Gasteiger partial charge in [0.1, 0.15) is 5.82 Å². The van der Waals surface area contributed by atoms with Gasteiger partial charge in [-0.3, -0.25) is 4.99 Å². The Hall–Kier alpha value is -2.70. The van der Waals surface area contributed by atoms with E-state index in [0.29, 0.717) is 24.8 Å². The quantitative estimate of drug-likeness (QED) is 0.559. The van der Waals surface area contributed by atoms with E-state index in [4.69, 9.17) is 9.47 Å². The maximum atomic E-state index is 5.34. The Balaban J connectivity index is 1.91. The molecule has 0 amide bonds. The minimum Gasteiger partial charge on any atom is -0.493 e. The summed E-state index contributed by atoms with van der Waals surface area (Å²) in [6.45, 7) is 6.59. The SMILES string of the molecule is CN=C(NCc1ccc(OC)c(OC)c1)NCc1nccn1CC(C)C. The maximum absolute atomic E-state index is 5.34. The molecular formula is C19H29N5O2. The Bertz CT molecular complexity index is 724. The molecule has 0 aliphatic heterocycles. The molecule has 0 radical (unpaired) electrons. The number of aromatic nitrogens is 2. The number of imidazole rings is 1. The summed E-state index contributed by atoms with van der Waals surface area (Å²) in [7, 11) is 5.02. The highest BCUT2D eigenvalue weighted by Gasteiger charge is 2.07. The zero-order valence-electron chi connectivity index (χ0n) is 16.2. The van der Waals surface area contributed by atoms with E-state index in [2.05, 4.69) is 39.0 Å². The van der Waals surface area contributed by atoms with Crippen LogP contribution < -0.4 is 20.1 Å². The number of nitrogens with zero attached hydrogens (tertiary/aromatic N) is 3. The van der Waals surface area contributed by atoms with Crippen LogP contribution in [0.1, 0.15) is 25.2 Å². The van der Waals surface area contributed by atoms with Crippen molar-refractivity contribution in [3.63, 3.8) is 0 Å². The molecule has 2 N–H and O–H groups in total. The molecule has 0 fully saturated rings. The Labute approximate surface area is 155 Å². The third kappa shape index (κ3) is 5.40. The van der Waals surface area contributed by atoms with Gasteiger partial charge in [-0.2, -0.15) is 0 Å². The van der Waals surface area contributed by atoms with E-state index in [1.54, 1.807) is 21.3 Å². The summed E-state index contributed by atoms with van der Waals surface area (Å²) in [5, 5.41) is 6.61. The average Bonchev–Trinajstić information content (AvgIpc) is 3.07. The molecule has 1 aromatic carbocycles. The lowest BCUT2D eigenvalue weighted by Gasteiger charge is -2.15. The molecule has 1 heterocycles. The van der Waals surface area contributed by atoms with Crippen molar-refractivity contribution >= 4 is 5.96 Å². The zero-order chi connectivity index (χ0) is 18.9. The van der Waals surface area contributed by atoms with Crippen molar-refractivity contribution in [2.24, 2.45) is 10.9 Å². The lowest BCUT2D eigenvalue weighted by Crippen LogP contribution is -2.37. The Morgan fingerprint density at radius 3 is 2.54 bits per heavy atom. The summed E-state index contributed by atoms with van der Waals surface area (Å²) in [5.74, 6) is 3.72. The third-order valence-electron chi connectivity index (χ3n) is 3.91. The molecule has 0 aliphatic rings. The molecule has 7 heteroatoms. The van der Waals surface area contributed by atoms with Crippen LogP contribution in [0.4, 0.5) is 0 Å². The topological polar surface area (TPSA) is 72.7 Å². The number of ether oxygens (including phenoxy) is 2. The van der Waals surface area contributed by atoms with E-state index in [1.165, 1.54) is 0 Å². The number of guanidine groups is 1. The first kappa shape index (κ1) is 19.6. The molecule has 0 spiro atoms. The van der Waals surface area contributed by atoms with Crippen LogP contribution in [0.3, 0.4) is 0 Å². The van der Waals surface area contributed by atoms with Crippen LogP contribution in [-0.2, 0) is 19.6 Å². The highest BCUT2D eigenvalue weighted by atomic mass is 16.5. The molecule has 0 aliphatic carbocycles. The van der Waals surface area contributed by atoms with Crippen molar-refractivity contribution in [2.75, 3.05) is 21.3 Å². The zero-order valence-corrected chi connectivity index (χ0v) is 16.2. The normalized spacial score (nSPS) is 11.5. The smallest absolute Gasteiger partial charge is 0.191 e. The highest BCUT2D eigenvalue weighted by molar-refractivity contribution is 5.79. The summed E-state index contributed by atoms with van der Waals surface area (Å²) >= 11 is 0. The summed E-state index contributed by atoms with van der Waals surface area (Å²) in [6, 6.07) is 5.85. The minimum absolute atomic E-state index is 0.574. The van der Waals surface area contributed by atoms with Gasteiger partial charge in [0.2, 0.25) is 0 Å². The summed E-state index contributed by atoms with van der Waals surface area (Å²) in [5.41, 5.74) is 1.08. The van der Waals surface area contributed by atoms with Gasteiger partial charge >= 0.3 is 0 Å². The summed E-state index contributed by atoms with van der Waals surface area (Å²) in [6.07, 6.45) is 3.84. The van der Waals surface area contributed by atoms with Crippen molar-refractivity contribution in [2.45, 2.75) is 33.5 Å². The fraction of sp³-hybridized carbons (Fsp3) is 0.474. The van der Waals surface area contributed by atoms with Crippen LogP contribution in [0.5, 0.6) is 11.5 Å². The van der Waals surface area contributed by atoms with Gasteiger partial charge in [-0.25, -0.2) is 4.98 Å². The van der Waals surface area contributed by atoms with Crippen LogP contribution in [-0.4, -0.2) is 36.8 Å². The predicted octanol–water partition coefficient (Wildman–Crippen LogP) is 2.42. The second-order valence-electron chi connectivity index (χ2n) is 6.36. The van der Waals surface area contributed by atoms with Crippen LogP contribution >= 0.6 is 0 Å². The van der Waals surface area contributed by atoms with Gasteiger partial charge in [-0.15, -0.1) is 0 Å². The van der Waals surface area contributed by atoms with Crippen LogP contribution in [0.25, 0.3) is 0 Å². The van der Waals surface area contributed by atoms with Crippen molar-refractivity contribution in [3.05, 3.63) is 42.0 Å². The average molecular weight is 359 g/mol. The van der Waals surface area contributed by atoms with E-state index >= 15 is 0 Å². The third-order valence-corrected chi connectivity index (χ3v) is 3.91. The summed E-state index contributed by atoms with van der Waals surface area (Å²) < 4.78 is 12.8. The molecule has 2 rings (SSSR count). The Morgan fingerprint density at radius 2 is 1.88 bits per heavy atom.